The molecule has 1 atom stereocenters. The fourth-order valence-corrected chi connectivity index (χ4v) is 4.07. The minimum Gasteiger partial charge on any atom is -0.353 e. The lowest BCUT2D eigenvalue weighted by molar-refractivity contribution is -0.119. The third-order valence-electron chi connectivity index (χ3n) is 4.88. The third kappa shape index (κ3) is 4.73. The first kappa shape index (κ1) is 20.4. The van der Waals surface area contributed by atoms with Crippen LogP contribution in [0.2, 0.25) is 0 Å². The van der Waals surface area contributed by atoms with E-state index < -0.39 is 0 Å². The van der Waals surface area contributed by atoms with Gasteiger partial charge in [-0.25, -0.2) is 4.98 Å². The summed E-state index contributed by atoms with van der Waals surface area (Å²) in [6, 6.07) is 11.9. The maximum Gasteiger partial charge on any atom is 0.261 e. The van der Waals surface area contributed by atoms with Crippen molar-refractivity contribution in [1.82, 2.24) is 14.9 Å². The topological polar surface area (TPSA) is 64.0 Å². The van der Waals surface area contributed by atoms with Gasteiger partial charge in [-0.05, 0) is 36.2 Å². The van der Waals surface area contributed by atoms with E-state index in [4.69, 9.17) is 0 Å². The lowest BCUT2D eigenvalue weighted by Crippen LogP contribution is -2.34. The van der Waals surface area contributed by atoms with Gasteiger partial charge in [0.25, 0.3) is 5.56 Å². The molecule has 148 valence electrons. The number of fused-ring (bicyclic) bond motifs is 2. The highest BCUT2D eigenvalue weighted by Crippen LogP contribution is 2.22. The molecule has 0 saturated carbocycles. The zero-order valence-corrected chi connectivity index (χ0v) is 17.5. The van der Waals surface area contributed by atoms with Crippen LogP contribution in [0.4, 0.5) is 0 Å². The largest absolute Gasteiger partial charge is 0.353 e. The maximum absolute atomic E-state index is 12.8. The number of nitrogens with zero attached hydrogens (tertiary/aromatic N) is 2. The molecular weight excluding hydrogens is 370 g/mol. The fourth-order valence-electron chi connectivity index (χ4n) is 3.29. The first-order valence-corrected chi connectivity index (χ1v) is 10.8. The summed E-state index contributed by atoms with van der Waals surface area (Å²) < 4.78 is 1.53. The molecule has 1 amide bonds. The van der Waals surface area contributed by atoms with Crippen molar-refractivity contribution < 1.29 is 4.79 Å². The van der Waals surface area contributed by atoms with Crippen LogP contribution in [0, 0.1) is 0 Å². The monoisotopic (exact) mass is 397 g/mol. The predicted octanol–water partition coefficient (Wildman–Crippen LogP) is 4.26. The number of aromatic nitrogens is 2. The van der Waals surface area contributed by atoms with Gasteiger partial charge in [-0.2, -0.15) is 0 Å². The highest BCUT2D eigenvalue weighted by Gasteiger charge is 2.13. The molecule has 0 spiro atoms. The number of hydrogen-bond donors (Lipinski definition) is 1. The van der Waals surface area contributed by atoms with Gasteiger partial charge in [0, 0.05) is 13.1 Å². The van der Waals surface area contributed by atoms with E-state index >= 15 is 0 Å². The van der Waals surface area contributed by atoms with Crippen LogP contribution in [0.1, 0.15) is 39.5 Å². The molecule has 28 heavy (non-hydrogen) atoms. The Hall–Kier alpha value is -2.34. The van der Waals surface area contributed by atoms with Crippen LogP contribution in [0.3, 0.4) is 0 Å². The average molecular weight is 398 g/mol. The van der Waals surface area contributed by atoms with Crippen molar-refractivity contribution in [2.24, 2.45) is 7.05 Å². The smallest absolute Gasteiger partial charge is 0.261 e. The molecule has 2 aromatic carbocycles. The van der Waals surface area contributed by atoms with Gasteiger partial charge in [0.05, 0.1) is 16.7 Å². The summed E-state index contributed by atoms with van der Waals surface area (Å²) in [7, 11) is 1.71. The van der Waals surface area contributed by atoms with Crippen LogP contribution in [0.15, 0.2) is 46.3 Å². The van der Waals surface area contributed by atoms with Gasteiger partial charge in [-0.3, -0.25) is 14.2 Å². The number of unbranched alkanes of at least 4 members (excludes halogenated alkanes) is 2. The van der Waals surface area contributed by atoms with Crippen LogP contribution < -0.4 is 10.9 Å². The van der Waals surface area contributed by atoms with E-state index in [1.165, 1.54) is 29.2 Å². The number of thioether (sulfide) groups is 1. The van der Waals surface area contributed by atoms with Crippen molar-refractivity contribution in [3.63, 3.8) is 0 Å². The molecule has 0 fully saturated rings. The summed E-state index contributed by atoms with van der Waals surface area (Å²) >= 11 is 1.30. The van der Waals surface area contributed by atoms with E-state index in [0.717, 1.165) is 23.6 Å². The van der Waals surface area contributed by atoms with E-state index in [0.29, 0.717) is 16.1 Å². The van der Waals surface area contributed by atoms with E-state index in [1.54, 1.807) is 7.05 Å². The molecule has 0 bridgehead atoms. The van der Waals surface area contributed by atoms with E-state index in [1.807, 2.05) is 43.3 Å². The zero-order chi connectivity index (χ0) is 20.1. The maximum atomic E-state index is 12.8. The van der Waals surface area contributed by atoms with Crippen LogP contribution in [0.5, 0.6) is 0 Å². The Morgan fingerprint density at radius 1 is 1.21 bits per heavy atom. The zero-order valence-electron chi connectivity index (χ0n) is 16.7. The van der Waals surface area contributed by atoms with Crippen LogP contribution >= 0.6 is 11.8 Å². The summed E-state index contributed by atoms with van der Waals surface area (Å²) in [5.74, 6) is 0.221. The molecule has 1 heterocycles. The van der Waals surface area contributed by atoms with Crippen molar-refractivity contribution in [3.8, 4) is 0 Å². The fraction of sp³-hybridized carbons (Fsp3) is 0.409. The molecule has 0 aliphatic heterocycles. The summed E-state index contributed by atoms with van der Waals surface area (Å²) in [5.41, 5.74) is 0.573. The summed E-state index contributed by atoms with van der Waals surface area (Å²) in [6.07, 6.45) is 4.48. The molecule has 0 radical (unpaired) electrons. The van der Waals surface area contributed by atoms with Crippen molar-refractivity contribution in [2.75, 3.05) is 5.75 Å². The molecule has 1 N–H and O–H groups in total. The molecule has 1 aromatic heterocycles. The van der Waals surface area contributed by atoms with E-state index in [2.05, 4.69) is 17.2 Å². The molecule has 0 aliphatic carbocycles. The molecule has 5 nitrogen and oxygen atoms in total. The number of amides is 1. The first-order chi connectivity index (χ1) is 13.5. The molecular formula is C22H27N3O2S. The third-order valence-corrected chi connectivity index (χ3v) is 5.91. The van der Waals surface area contributed by atoms with Gasteiger partial charge in [-0.1, -0.05) is 62.2 Å². The van der Waals surface area contributed by atoms with Gasteiger partial charge < -0.3 is 5.32 Å². The predicted molar refractivity (Wildman–Crippen MR) is 117 cm³/mol. The standard InChI is InChI=1S/C22H27N3O2S/c1-4-5-6-9-15(2)23-20(26)14-28-22-24-19-13-17-11-8-7-10-16(17)12-18(19)21(27)25(22)3/h7-8,10-13,15H,4-6,9,14H2,1-3H3,(H,23,26)/t15-/m1/s1. The van der Waals surface area contributed by atoms with Crippen LogP contribution in [-0.4, -0.2) is 27.3 Å². The number of carbonyl (C=O) groups is 1. The number of carbonyl (C=O) groups excluding carboxylic acids is 1. The Morgan fingerprint density at radius 2 is 1.93 bits per heavy atom. The van der Waals surface area contributed by atoms with E-state index in [9.17, 15) is 9.59 Å². The quantitative estimate of drug-likeness (QED) is 0.267. The molecule has 3 rings (SSSR count). The first-order valence-electron chi connectivity index (χ1n) is 9.81. The number of nitrogens with one attached hydrogen (secondary N) is 1. The van der Waals surface area contributed by atoms with Gasteiger partial charge in [0.15, 0.2) is 5.16 Å². The Morgan fingerprint density at radius 3 is 2.64 bits per heavy atom. The van der Waals surface area contributed by atoms with Gasteiger partial charge >= 0.3 is 0 Å². The van der Waals surface area contributed by atoms with E-state index in [-0.39, 0.29) is 23.3 Å². The SMILES string of the molecule is CCCCC[C@@H](C)NC(=O)CSc1nc2cc3ccccc3cc2c(=O)n1C. The molecule has 6 heteroatoms. The summed E-state index contributed by atoms with van der Waals surface area (Å²) in [4.78, 5) is 29.7. The summed E-state index contributed by atoms with van der Waals surface area (Å²) in [6.45, 7) is 4.21. The highest BCUT2D eigenvalue weighted by atomic mass is 32.2. The second kappa shape index (κ2) is 9.24. The molecule has 0 unspecified atom stereocenters. The van der Waals surface area contributed by atoms with Crippen LogP contribution in [-0.2, 0) is 11.8 Å². The lowest BCUT2D eigenvalue weighted by atomic mass is 10.1. The van der Waals surface area contributed by atoms with Crippen molar-refractivity contribution in [2.45, 2.75) is 50.7 Å². The second-order valence-corrected chi connectivity index (χ2v) is 8.17. The highest BCUT2D eigenvalue weighted by molar-refractivity contribution is 7.99. The van der Waals surface area contributed by atoms with Crippen molar-refractivity contribution in [3.05, 3.63) is 46.8 Å². The Bertz CT molecular complexity index is 1050. The van der Waals surface area contributed by atoms with Gasteiger partial charge in [0.1, 0.15) is 0 Å². The van der Waals surface area contributed by atoms with Gasteiger partial charge in [-0.15, -0.1) is 0 Å². The van der Waals surface area contributed by atoms with Crippen molar-refractivity contribution >= 4 is 39.3 Å². The Kier molecular flexibility index (Phi) is 6.73. The molecule has 0 aliphatic rings. The number of benzene rings is 2. The van der Waals surface area contributed by atoms with Crippen LogP contribution in [0.25, 0.3) is 21.7 Å². The Labute approximate surface area is 169 Å². The number of hydrogen-bond acceptors (Lipinski definition) is 4. The lowest BCUT2D eigenvalue weighted by Gasteiger charge is -2.14. The molecule has 0 saturated heterocycles. The number of rotatable bonds is 8. The van der Waals surface area contributed by atoms with Crippen molar-refractivity contribution in [1.29, 1.82) is 0 Å². The Balaban J connectivity index is 1.74. The minimum absolute atomic E-state index is 0.0261. The summed E-state index contributed by atoms with van der Waals surface area (Å²) in [5, 5.41) is 6.25. The second-order valence-electron chi connectivity index (χ2n) is 7.23. The normalized spacial score (nSPS) is 12.4. The minimum atomic E-state index is -0.0911. The average Bonchev–Trinajstić information content (AvgIpc) is 2.68. The van der Waals surface area contributed by atoms with Gasteiger partial charge in [0.2, 0.25) is 5.91 Å². The molecule has 3 aromatic rings.